The number of nitrogens with two attached hydrogens (primary N) is 1. The molecule has 0 heterocycles. The fourth-order valence-electron chi connectivity index (χ4n) is 0.446. The molecule has 7 heteroatoms. The van der Waals surface area contributed by atoms with Crippen molar-refractivity contribution in [2.45, 2.75) is 39.7 Å². The summed E-state index contributed by atoms with van der Waals surface area (Å²) in [5.41, 5.74) is 4.26. The zero-order chi connectivity index (χ0) is 15.2. The molecule has 0 rings (SSSR count). The molecule has 18 heavy (non-hydrogen) atoms. The van der Waals surface area contributed by atoms with E-state index in [2.05, 4.69) is 9.47 Å². The molecule has 0 atom stereocenters. The Labute approximate surface area is 108 Å². The molecule has 0 aliphatic rings. The molecule has 0 fully saturated rings. The number of methoxy groups -OCH3 is 1. The molecule has 0 spiro atoms. The number of ether oxygens (including phenoxy) is 2. The predicted octanol–water partition coefficient (Wildman–Crippen LogP) is 0.421. The van der Waals surface area contributed by atoms with E-state index in [1.54, 1.807) is 27.7 Å². The molecular formula is C11H25NO6. The summed E-state index contributed by atoms with van der Waals surface area (Å²) in [6.45, 7) is 6.79. The summed E-state index contributed by atoms with van der Waals surface area (Å²) >= 11 is 0. The van der Waals surface area contributed by atoms with Gasteiger partial charge in [-0.3, -0.25) is 4.79 Å². The van der Waals surface area contributed by atoms with E-state index in [9.17, 15) is 9.59 Å². The molecule has 0 saturated heterocycles. The quantitative estimate of drug-likeness (QED) is 0.624. The summed E-state index contributed by atoms with van der Waals surface area (Å²) < 4.78 is 8.84. The third kappa shape index (κ3) is 36.5. The van der Waals surface area contributed by atoms with Crippen LogP contribution in [0.5, 0.6) is 0 Å². The first-order chi connectivity index (χ1) is 8.14. The molecule has 0 radical (unpaired) electrons. The van der Waals surface area contributed by atoms with Gasteiger partial charge in [-0.15, -0.1) is 0 Å². The fraction of sp³-hybridized carbons (Fsp3) is 0.818. The van der Waals surface area contributed by atoms with Gasteiger partial charge in [0, 0.05) is 6.42 Å². The molecule has 0 aromatic rings. The average Bonchev–Trinajstić information content (AvgIpc) is 2.25. The zero-order valence-electron chi connectivity index (χ0n) is 11.7. The van der Waals surface area contributed by atoms with Crippen LogP contribution in [0.15, 0.2) is 0 Å². The van der Waals surface area contributed by atoms with Gasteiger partial charge >= 0.3 is 12.1 Å². The van der Waals surface area contributed by atoms with Gasteiger partial charge in [0.15, 0.2) is 0 Å². The normalized spacial score (nSPS) is 9.06. The minimum absolute atomic E-state index is 0.125. The van der Waals surface area contributed by atoms with Crippen LogP contribution in [-0.2, 0) is 14.3 Å². The van der Waals surface area contributed by atoms with Crippen LogP contribution < -0.4 is 5.73 Å². The van der Waals surface area contributed by atoms with Crippen molar-refractivity contribution in [2.24, 2.45) is 5.73 Å². The van der Waals surface area contributed by atoms with E-state index in [0.717, 1.165) is 0 Å². The third-order valence-corrected chi connectivity index (χ3v) is 1.02. The molecule has 0 aliphatic heterocycles. The summed E-state index contributed by atoms with van der Waals surface area (Å²) in [5, 5.41) is 15.2. The molecular weight excluding hydrogens is 242 g/mol. The molecule has 0 bridgehead atoms. The minimum atomic E-state index is -0.725. The molecule has 0 saturated carbocycles. The summed E-state index contributed by atoms with van der Waals surface area (Å²) in [6, 6.07) is 0. The maximum absolute atomic E-state index is 10.0. The Bertz CT molecular complexity index is 204. The molecule has 0 unspecified atom stereocenters. The van der Waals surface area contributed by atoms with Crippen molar-refractivity contribution in [3.63, 3.8) is 0 Å². The molecule has 0 aromatic carbocycles. The number of aliphatic hydroxyl groups is 2. The van der Waals surface area contributed by atoms with Crippen LogP contribution in [0.2, 0.25) is 0 Å². The summed E-state index contributed by atoms with van der Waals surface area (Å²) in [7, 11) is 1.38. The van der Waals surface area contributed by atoms with Gasteiger partial charge in [-0.25, -0.2) is 4.79 Å². The van der Waals surface area contributed by atoms with Crippen molar-refractivity contribution in [1.82, 2.24) is 0 Å². The minimum Gasteiger partial charge on any atom is -0.469 e. The van der Waals surface area contributed by atoms with Crippen LogP contribution in [0.1, 0.15) is 34.1 Å². The Morgan fingerprint density at radius 1 is 1.17 bits per heavy atom. The van der Waals surface area contributed by atoms with Crippen molar-refractivity contribution in [3.05, 3.63) is 0 Å². The van der Waals surface area contributed by atoms with Gasteiger partial charge in [0.1, 0.15) is 5.60 Å². The van der Waals surface area contributed by atoms with Gasteiger partial charge in [-0.05, 0) is 20.8 Å². The number of amides is 1. The van der Waals surface area contributed by atoms with Gasteiger partial charge in [0.2, 0.25) is 0 Å². The number of carbonyl (C=O) groups is 2. The Balaban J connectivity index is -0.000000200. The van der Waals surface area contributed by atoms with Crippen LogP contribution in [0.3, 0.4) is 0 Å². The number of carbonyl (C=O) groups excluding carboxylic acids is 2. The highest BCUT2D eigenvalue weighted by Crippen LogP contribution is 2.04. The van der Waals surface area contributed by atoms with Gasteiger partial charge in [-0.2, -0.15) is 0 Å². The second-order valence-corrected chi connectivity index (χ2v) is 3.91. The Hall–Kier alpha value is -1.34. The van der Waals surface area contributed by atoms with Gasteiger partial charge < -0.3 is 25.4 Å². The smallest absolute Gasteiger partial charge is 0.405 e. The lowest BCUT2D eigenvalue weighted by Crippen LogP contribution is -2.27. The van der Waals surface area contributed by atoms with Crippen LogP contribution in [0, 0.1) is 0 Å². The summed E-state index contributed by atoms with van der Waals surface area (Å²) in [4.78, 5) is 20.0. The first-order valence-corrected chi connectivity index (χ1v) is 5.41. The first kappa shape index (κ1) is 21.9. The molecule has 110 valence electrons. The number of hydrogen-bond donors (Lipinski definition) is 3. The first-order valence-electron chi connectivity index (χ1n) is 5.41. The summed E-state index contributed by atoms with van der Waals surface area (Å²) in [5.74, 6) is -0.157. The van der Waals surface area contributed by atoms with Crippen LogP contribution in [0.4, 0.5) is 4.79 Å². The molecule has 0 aliphatic carbocycles. The van der Waals surface area contributed by atoms with Crippen molar-refractivity contribution in [1.29, 1.82) is 0 Å². The number of hydrogen-bond acceptors (Lipinski definition) is 6. The molecule has 7 nitrogen and oxygen atoms in total. The van der Waals surface area contributed by atoms with Crippen LogP contribution >= 0.6 is 0 Å². The van der Waals surface area contributed by atoms with Crippen LogP contribution in [-0.4, -0.2) is 48.2 Å². The average molecular weight is 267 g/mol. The van der Waals surface area contributed by atoms with E-state index < -0.39 is 11.7 Å². The van der Waals surface area contributed by atoms with E-state index in [4.69, 9.17) is 15.9 Å². The second kappa shape index (κ2) is 13.7. The van der Waals surface area contributed by atoms with Crippen molar-refractivity contribution < 1.29 is 29.3 Å². The highest BCUT2D eigenvalue weighted by Gasteiger charge is 2.12. The third-order valence-electron chi connectivity index (χ3n) is 1.02. The number of primary amides is 1. The Kier molecular flexibility index (Phi) is 16.7. The number of rotatable bonds is 2. The Morgan fingerprint density at radius 3 is 1.56 bits per heavy atom. The maximum atomic E-state index is 10.0. The van der Waals surface area contributed by atoms with Crippen molar-refractivity contribution in [2.75, 3.05) is 20.3 Å². The highest BCUT2D eigenvalue weighted by atomic mass is 16.6. The SMILES string of the molecule is CC(C)(C)OC(N)=O.CCC(=O)OC.OCCO. The van der Waals surface area contributed by atoms with E-state index in [0.29, 0.717) is 6.42 Å². The zero-order valence-corrected chi connectivity index (χ0v) is 11.7. The van der Waals surface area contributed by atoms with E-state index in [-0.39, 0.29) is 19.2 Å². The molecule has 4 N–H and O–H groups in total. The van der Waals surface area contributed by atoms with Gasteiger partial charge in [-0.1, -0.05) is 6.92 Å². The number of aliphatic hydroxyl groups excluding tert-OH is 2. The second-order valence-electron chi connectivity index (χ2n) is 3.91. The number of esters is 1. The largest absolute Gasteiger partial charge is 0.469 e. The standard InChI is InChI=1S/C5H11NO2.C4H8O2.C2H6O2/c1-5(2,3)8-4(6)7;1-3-4(5)6-2;3-1-2-4/h1-3H3,(H2,6,7);3H2,1-2H3;3-4H,1-2H2. The topological polar surface area (TPSA) is 119 Å². The van der Waals surface area contributed by atoms with E-state index >= 15 is 0 Å². The maximum Gasteiger partial charge on any atom is 0.405 e. The highest BCUT2D eigenvalue weighted by molar-refractivity contribution is 5.68. The summed E-state index contributed by atoms with van der Waals surface area (Å²) in [6.07, 6.45) is -0.256. The van der Waals surface area contributed by atoms with Gasteiger partial charge in [0.25, 0.3) is 0 Å². The van der Waals surface area contributed by atoms with Crippen LogP contribution in [0.25, 0.3) is 0 Å². The Morgan fingerprint density at radius 2 is 1.56 bits per heavy atom. The lowest BCUT2D eigenvalue weighted by molar-refractivity contribution is -0.140. The lowest BCUT2D eigenvalue weighted by Gasteiger charge is -2.16. The van der Waals surface area contributed by atoms with Gasteiger partial charge in [0.05, 0.1) is 20.3 Å². The van der Waals surface area contributed by atoms with E-state index in [1.807, 2.05) is 0 Å². The fourth-order valence-corrected chi connectivity index (χ4v) is 0.446. The molecule has 0 aromatic heterocycles. The molecule has 1 amide bonds. The monoisotopic (exact) mass is 267 g/mol. The lowest BCUT2D eigenvalue weighted by atomic mass is 10.2. The van der Waals surface area contributed by atoms with Crippen molar-refractivity contribution >= 4 is 12.1 Å². The predicted molar refractivity (Wildman–Crippen MR) is 66.9 cm³/mol. The van der Waals surface area contributed by atoms with E-state index in [1.165, 1.54) is 7.11 Å². The van der Waals surface area contributed by atoms with Crippen molar-refractivity contribution in [3.8, 4) is 0 Å².